The van der Waals surface area contributed by atoms with Crippen LogP contribution in [0.3, 0.4) is 0 Å². The third-order valence-electron chi connectivity index (χ3n) is 6.36. The summed E-state index contributed by atoms with van der Waals surface area (Å²) < 4.78 is 1.91. The Morgan fingerprint density at radius 3 is 2.90 bits per heavy atom. The molecule has 2 atom stereocenters. The van der Waals surface area contributed by atoms with Gasteiger partial charge in [0.1, 0.15) is 12.0 Å². The molecular weight excluding hydrogens is 366 g/mol. The minimum atomic E-state index is -0.248. The van der Waals surface area contributed by atoms with Crippen molar-refractivity contribution in [3.05, 3.63) is 41.7 Å². The Morgan fingerprint density at radius 1 is 1.21 bits per heavy atom. The summed E-state index contributed by atoms with van der Waals surface area (Å²) in [6.07, 6.45) is 7.35. The molecule has 150 valence electrons. The van der Waals surface area contributed by atoms with E-state index in [1.165, 1.54) is 0 Å². The molecule has 1 N–H and O–H groups in total. The zero-order chi connectivity index (χ0) is 20.2. The summed E-state index contributed by atoms with van der Waals surface area (Å²) in [6, 6.07) is 4.05. The van der Waals surface area contributed by atoms with Gasteiger partial charge in [0.2, 0.25) is 0 Å². The second-order valence-electron chi connectivity index (χ2n) is 8.36. The van der Waals surface area contributed by atoms with Gasteiger partial charge in [-0.1, -0.05) is 0 Å². The van der Waals surface area contributed by atoms with Crippen molar-refractivity contribution in [1.29, 1.82) is 0 Å². The van der Waals surface area contributed by atoms with E-state index in [1.54, 1.807) is 12.7 Å². The number of hydrogen-bond donors (Lipinski definition) is 1. The summed E-state index contributed by atoms with van der Waals surface area (Å²) in [6.45, 7) is 4.76. The van der Waals surface area contributed by atoms with Crippen LogP contribution in [0, 0.1) is 13.8 Å². The molecule has 2 aliphatic rings. The lowest BCUT2D eigenvalue weighted by Gasteiger charge is -2.33. The smallest absolute Gasteiger partial charge is 0.270 e. The van der Waals surface area contributed by atoms with Crippen LogP contribution in [0.25, 0.3) is 11.2 Å². The van der Waals surface area contributed by atoms with Crippen LogP contribution in [0.15, 0.2) is 24.8 Å². The molecule has 1 aliphatic heterocycles. The summed E-state index contributed by atoms with van der Waals surface area (Å²) in [7, 11) is 1.94. The van der Waals surface area contributed by atoms with E-state index in [0.717, 1.165) is 60.5 Å². The van der Waals surface area contributed by atoms with Crippen LogP contribution in [0.1, 0.15) is 47.4 Å². The van der Waals surface area contributed by atoms with Crippen molar-refractivity contribution in [2.45, 2.75) is 51.1 Å². The molecule has 4 heterocycles. The minimum Gasteiger partial charge on any atom is -0.349 e. The number of imidazole rings is 1. The molecule has 1 saturated carbocycles. The maximum absolute atomic E-state index is 13.1. The van der Waals surface area contributed by atoms with Crippen molar-refractivity contribution in [2.24, 2.45) is 7.05 Å². The number of aryl methyl sites for hydroxylation is 3. The molecule has 3 aromatic heterocycles. The standard InChI is InChI=1S/C21H25N7O/c1-13-9-14(2)25-15(10-13)20(29)26-21-6-4-5-16(21)28(8-7-21)19-17-18(22-11-23-19)27(3)12-24-17/h9-12,16H,4-8H2,1-3H3,(H,26,29). The van der Waals surface area contributed by atoms with Crippen molar-refractivity contribution < 1.29 is 4.79 Å². The highest BCUT2D eigenvalue weighted by Gasteiger charge is 2.52. The number of pyridine rings is 1. The van der Waals surface area contributed by atoms with Crippen LogP contribution >= 0.6 is 0 Å². The first-order valence-corrected chi connectivity index (χ1v) is 10.1. The van der Waals surface area contributed by atoms with Crippen LogP contribution in [-0.2, 0) is 7.05 Å². The Labute approximate surface area is 169 Å². The van der Waals surface area contributed by atoms with Crippen LogP contribution in [0.4, 0.5) is 5.82 Å². The van der Waals surface area contributed by atoms with E-state index in [4.69, 9.17) is 0 Å². The van der Waals surface area contributed by atoms with Crippen LogP contribution < -0.4 is 10.2 Å². The number of amides is 1. The average Bonchev–Trinajstić information content (AvgIpc) is 3.34. The van der Waals surface area contributed by atoms with E-state index in [9.17, 15) is 4.79 Å². The highest BCUT2D eigenvalue weighted by Crippen LogP contribution is 2.44. The molecule has 1 aliphatic carbocycles. The van der Waals surface area contributed by atoms with Crippen LogP contribution in [0.5, 0.6) is 0 Å². The van der Waals surface area contributed by atoms with Gasteiger partial charge in [-0.25, -0.2) is 19.9 Å². The second kappa shape index (κ2) is 6.50. The molecule has 1 amide bonds. The molecule has 29 heavy (non-hydrogen) atoms. The lowest BCUT2D eigenvalue weighted by molar-refractivity contribution is 0.0894. The fraction of sp³-hybridized carbons (Fsp3) is 0.476. The predicted molar refractivity (Wildman–Crippen MR) is 110 cm³/mol. The lowest BCUT2D eigenvalue weighted by Crippen LogP contribution is -2.53. The Hall–Kier alpha value is -3.03. The minimum absolute atomic E-state index is 0.0868. The third-order valence-corrected chi connectivity index (χ3v) is 6.36. The zero-order valence-electron chi connectivity index (χ0n) is 17.0. The second-order valence-corrected chi connectivity index (χ2v) is 8.36. The van der Waals surface area contributed by atoms with Crippen molar-refractivity contribution in [1.82, 2.24) is 29.8 Å². The summed E-state index contributed by atoms with van der Waals surface area (Å²) in [4.78, 5) is 33.3. The maximum atomic E-state index is 13.1. The number of nitrogens with zero attached hydrogens (tertiary/aromatic N) is 6. The van der Waals surface area contributed by atoms with Gasteiger partial charge in [-0.05, 0) is 57.2 Å². The van der Waals surface area contributed by atoms with Gasteiger partial charge in [-0.3, -0.25) is 4.79 Å². The van der Waals surface area contributed by atoms with Gasteiger partial charge in [-0.2, -0.15) is 0 Å². The molecule has 0 spiro atoms. The quantitative estimate of drug-likeness (QED) is 0.737. The fourth-order valence-corrected chi connectivity index (χ4v) is 5.13. The van der Waals surface area contributed by atoms with Gasteiger partial charge in [-0.15, -0.1) is 0 Å². The lowest BCUT2D eigenvalue weighted by atomic mass is 9.92. The number of hydrogen-bond acceptors (Lipinski definition) is 6. The monoisotopic (exact) mass is 391 g/mol. The number of aromatic nitrogens is 5. The first kappa shape index (κ1) is 18.0. The van der Waals surface area contributed by atoms with Crippen molar-refractivity contribution >= 4 is 22.9 Å². The first-order valence-electron chi connectivity index (χ1n) is 10.1. The highest BCUT2D eigenvalue weighted by molar-refractivity contribution is 5.93. The molecule has 0 aromatic carbocycles. The van der Waals surface area contributed by atoms with Gasteiger partial charge in [0.15, 0.2) is 17.0 Å². The van der Waals surface area contributed by atoms with Gasteiger partial charge in [0.05, 0.1) is 17.9 Å². The SMILES string of the molecule is Cc1cc(C)nc(C(=O)NC23CCCC2N(c2ncnc4c2ncn4C)CC3)c1. The number of rotatable bonds is 3. The van der Waals surface area contributed by atoms with E-state index in [2.05, 4.69) is 30.2 Å². The number of fused-ring (bicyclic) bond motifs is 2. The Kier molecular flexibility index (Phi) is 4.04. The van der Waals surface area contributed by atoms with Crippen molar-refractivity contribution in [3.8, 4) is 0 Å². The Bertz CT molecular complexity index is 1090. The van der Waals surface area contributed by atoms with Gasteiger partial charge in [0, 0.05) is 19.3 Å². The summed E-state index contributed by atoms with van der Waals surface area (Å²) in [5, 5.41) is 3.37. The normalized spacial score (nSPS) is 23.6. The van der Waals surface area contributed by atoms with E-state index in [1.807, 2.05) is 37.6 Å². The molecule has 8 heteroatoms. The molecule has 0 radical (unpaired) electrons. The van der Waals surface area contributed by atoms with Crippen molar-refractivity contribution in [3.63, 3.8) is 0 Å². The van der Waals surface area contributed by atoms with E-state index < -0.39 is 0 Å². The summed E-state index contributed by atoms with van der Waals surface area (Å²) in [5.41, 5.74) is 3.81. The molecule has 8 nitrogen and oxygen atoms in total. The first-order chi connectivity index (χ1) is 14.0. The maximum Gasteiger partial charge on any atom is 0.270 e. The van der Waals surface area contributed by atoms with Crippen LogP contribution in [0.2, 0.25) is 0 Å². The van der Waals surface area contributed by atoms with E-state index in [-0.39, 0.29) is 17.5 Å². The molecule has 2 fully saturated rings. The largest absolute Gasteiger partial charge is 0.349 e. The molecule has 3 aromatic rings. The van der Waals surface area contributed by atoms with Gasteiger partial charge >= 0.3 is 0 Å². The topological polar surface area (TPSA) is 88.8 Å². The number of anilines is 1. The van der Waals surface area contributed by atoms with Crippen molar-refractivity contribution in [2.75, 3.05) is 11.4 Å². The van der Waals surface area contributed by atoms with Gasteiger partial charge < -0.3 is 14.8 Å². The van der Waals surface area contributed by atoms with E-state index in [0.29, 0.717) is 5.69 Å². The predicted octanol–water partition coefficient (Wildman–Crippen LogP) is 2.31. The Balaban J connectivity index is 1.46. The van der Waals surface area contributed by atoms with E-state index >= 15 is 0 Å². The number of carbonyl (C=O) groups excluding carboxylic acids is 1. The average molecular weight is 391 g/mol. The molecular formula is C21H25N7O. The molecule has 5 rings (SSSR count). The number of carbonyl (C=O) groups is 1. The molecule has 1 saturated heterocycles. The third kappa shape index (κ3) is 2.85. The van der Waals surface area contributed by atoms with Gasteiger partial charge in [0.25, 0.3) is 5.91 Å². The van der Waals surface area contributed by atoms with Crippen LogP contribution in [-0.4, -0.2) is 48.5 Å². The Morgan fingerprint density at radius 2 is 2.07 bits per heavy atom. The summed E-state index contributed by atoms with van der Waals surface area (Å²) >= 11 is 0. The summed E-state index contributed by atoms with van der Waals surface area (Å²) in [5.74, 6) is 0.777. The number of nitrogens with one attached hydrogen (secondary N) is 1. The fourth-order valence-electron chi connectivity index (χ4n) is 5.13. The zero-order valence-corrected chi connectivity index (χ0v) is 17.0. The molecule has 2 unspecified atom stereocenters. The molecule has 0 bridgehead atoms. The highest BCUT2D eigenvalue weighted by atomic mass is 16.2.